The summed E-state index contributed by atoms with van der Waals surface area (Å²) in [6.45, 7) is 3.22. The first-order valence-electron chi connectivity index (χ1n) is 6.57. The number of methoxy groups -OCH3 is 1. The van der Waals surface area contributed by atoms with Crippen LogP contribution in [0, 0.1) is 0 Å². The first-order valence-corrected chi connectivity index (χ1v) is 6.95. The van der Waals surface area contributed by atoms with Gasteiger partial charge in [-0.15, -0.1) is 0 Å². The lowest BCUT2D eigenvalue weighted by atomic mass is 10.2. The molecule has 7 heteroatoms. The van der Waals surface area contributed by atoms with Gasteiger partial charge in [-0.05, 0) is 19.1 Å². The Morgan fingerprint density at radius 1 is 1.24 bits per heavy atom. The fourth-order valence-corrected chi connectivity index (χ4v) is 2.14. The van der Waals surface area contributed by atoms with Gasteiger partial charge < -0.3 is 21.1 Å². The molecule has 21 heavy (non-hydrogen) atoms. The molecule has 6 nitrogen and oxygen atoms in total. The standard InChI is InChI=1S/C14H18ClN5O/c1-3-17-12-7-13(20-14(16)19-12)18-8-9-10(15)5-4-6-11(9)21-2/h4-7H,3,8H2,1-2H3,(H4,16,17,18,19,20). The van der Waals surface area contributed by atoms with Gasteiger partial charge in [-0.2, -0.15) is 9.97 Å². The fourth-order valence-electron chi connectivity index (χ4n) is 1.91. The summed E-state index contributed by atoms with van der Waals surface area (Å²) in [4.78, 5) is 8.24. The molecule has 112 valence electrons. The van der Waals surface area contributed by atoms with Crippen molar-refractivity contribution in [3.63, 3.8) is 0 Å². The van der Waals surface area contributed by atoms with E-state index in [4.69, 9.17) is 22.1 Å². The smallest absolute Gasteiger partial charge is 0.223 e. The summed E-state index contributed by atoms with van der Waals surface area (Å²) in [6, 6.07) is 7.32. The van der Waals surface area contributed by atoms with Gasteiger partial charge in [0.2, 0.25) is 5.95 Å². The second-order valence-corrected chi connectivity index (χ2v) is 4.71. The van der Waals surface area contributed by atoms with Gasteiger partial charge in [0.15, 0.2) is 0 Å². The van der Waals surface area contributed by atoms with Crippen molar-refractivity contribution in [3.05, 3.63) is 34.9 Å². The van der Waals surface area contributed by atoms with E-state index >= 15 is 0 Å². The second-order valence-electron chi connectivity index (χ2n) is 4.30. The predicted molar refractivity (Wildman–Crippen MR) is 85.9 cm³/mol. The van der Waals surface area contributed by atoms with Crippen molar-refractivity contribution in [1.82, 2.24) is 9.97 Å². The number of anilines is 3. The number of aromatic nitrogens is 2. The van der Waals surface area contributed by atoms with Crippen LogP contribution in [0.3, 0.4) is 0 Å². The van der Waals surface area contributed by atoms with Crippen molar-refractivity contribution in [1.29, 1.82) is 0 Å². The third-order valence-corrected chi connectivity index (χ3v) is 3.20. The molecule has 0 bridgehead atoms. The molecule has 1 aromatic carbocycles. The summed E-state index contributed by atoms with van der Waals surface area (Å²) < 4.78 is 5.31. The van der Waals surface area contributed by atoms with Gasteiger partial charge in [-0.25, -0.2) is 0 Å². The van der Waals surface area contributed by atoms with Crippen molar-refractivity contribution < 1.29 is 4.74 Å². The molecule has 0 unspecified atom stereocenters. The SMILES string of the molecule is CCNc1cc(NCc2c(Cl)cccc2OC)nc(N)n1. The molecule has 0 amide bonds. The number of halogens is 1. The van der Waals surface area contributed by atoms with Crippen LogP contribution in [-0.4, -0.2) is 23.6 Å². The Hall–Kier alpha value is -2.21. The zero-order valence-electron chi connectivity index (χ0n) is 12.0. The number of hydrogen-bond donors (Lipinski definition) is 3. The topological polar surface area (TPSA) is 85.1 Å². The van der Waals surface area contributed by atoms with Gasteiger partial charge in [0.25, 0.3) is 0 Å². The quantitative estimate of drug-likeness (QED) is 0.761. The van der Waals surface area contributed by atoms with Crippen LogP contribution in [0.15, 0.2) is 24.3 Å². The van der Waals surface area contributed by atoms with Crippen LogP contribution in [0.25, 0.3) is 0 Å². The predicted octanol–water partition coefficient (Wildman–Crippen LogP) is 2.76. The molecular formula is C14H18ClN5O. The molecule has 1 heterocycles. The van der Waals surface area contributed by atoms with Crippen LogP contribution in [-0.2, 0) is 6.54 Å². The Bertz CT molecular complexity index is 620. The number of nitrogens with zero attached hydrogens (tertiary/aromatic N) is 2. The normalized spacial score (nSPS) is 10.2. The summed E-state index contributed by atoms with van der Waals surface area (Å²) in [5, 5.41) is 6.91. The highest BCUT2D eigenvalue weighted by Crippen LogP contribution is 2.27. The van der Waals surface area contributed by atoms with Crippen LogP contribution >= 0.6 is 11.6 Å². The van der Waals surface area contributed by atoms with Crippen LogP contribution in [0.2, 0.25) is 5.02 Å². The van der Waals surface area contributed by atoms with Crippen LogP contribution in [0.1, 0.15) is 12.5 Å². The minimum Gasteiger partial charge on any atom is -0.496 e. The monoisotopic (exact) mass is 307 g/mol. The molecule has 4 N–H and O–H groups in total. The highest BCUT2D eigenvalue weighted by Gasteiger charge is 2.08. The lowest BCUT2D eigenvalue weighted by molar-refractivity contribution is 0.410. The molecule has 0 radical (unpaired) electrons. The fraction of sp³-hybridized carbons (Fsp3) is 0.286. The lowest BCUT2D eigenvalue weighted by Crippen LogP contribution is -2.08. The Kier molecular flexibility index (Phi) is 5.05. The molecule has 0 saturated heterocycles. The molecule has 0 saturated carbocycles. The van der Waals surface area contributed by atoms with E-state index in [0.717, 1.165) is 17.9 Å². The number of nitrogen functional groups attached to an aromatic ring is 1. The van der Waals surface area contributed by atoms with Crippen molar-refractivity contribution in [2.75, 3.05) is 30.0 Å². The van der Waals surface area contributed by atoms with E-state index < -0.39 is 0 Å². The van der Waals surface area contributed by atoms with Crippen molar-refractivity contribution in [2.24, 2.45) is 0 Å². The number of nitrogens with two attached hydrogens (primary N) is 1. The average Bonchev–Trinajstić information content (AvgIpc) is 2.45. The molecule has 1 aromatic heterocycles. The van der Waals surface area contributed by atoms with Gasteiger partial charge in [-0.3, -0.25) is 0 Å². The molecular weight excluding hydrogens is 290 g/mol. The third-order valence-electron chi connectivity index (χ3n) is 2.84. The number of rotatable bonds is 6. The maximum absolute atomic E-state index is 6.20. The van der Waals surface area contributed by atoms with Crippen LogP contribution < -0.4 is 21.1 Å². The number of hydrogen-bond acceptors (Lipinski definition) is 6. The summed E-state index contributed by atoms with van der Waals surface area (Å²) in [6.07, 6.45) is 0. The minimum atomic E-state index is 0.210. The van der Waals surface area contributed by atoms with Gasteiger partial charge in [0, 0.05) is 29.7 Å². The zero-order chi connectivity index (χ0) is 15.2. The van der Waals surface area contributed by atoms with Crippen molar-refractivity contribution in [2.45, 2.75) is 13.5 Å². The molecule has 0 atom stereocenters. The maximum Gasteiger partial charge on any atom is 0.223 e. The number of ether oxygens (including phenoxy) is 1. The first-order chi connectivity index (χ1) is 10.1. The van der Waals surface area contributed by atoms with E-state index in [2.05, 4.69) is 20.6 Å². The second kappa shape index (κ2) is 6.99. The highest BCUT2D eigenvalue weighted by atomic mass is 35.5. The van der Waals surface area contributed by atoms with Gasteiger partial charge in [-0.1, -0.05) is 17.7 Å². The first kappa shape index (κ1) is 15.2. The molecule has 0 aliphatic heterocycles. The zero-order valence-corrected chi connectivity index (χ0v) is 12.7. The van der Waals surface area contributed by atoms with E-state index in [-0.39, 0.29) is 5.95 Å². The van der Waals surface area contributed by atoms with Gasteiger partial charge >= 0.3 is 0 Å². The van der Waals surface area contributed by atoms with Crippen LogP contribution in [0.4, 0.5) is 17.6 Å². The third kappa shape index (κ3) is 3.88. The number of nitrogens with one attached hydrogen (secondary N) is 2. The summed E-state index contributed by atoms with van der Waals surface area (Å²) in [5.41, 5.74) is 6.56. The summed E-state index contributed by atoms with van der Waals surface area (Å²) in [5.74, 6) is 2.24. The van der Waals surface area contributed by atoms with E-state index in [1.165, 1.54) is 0 Å². The maximum atomic E-state index is 6.20. The average molecular weight is 308 g/mol. The van der Waals surface area contributed by atoms with E-state index in [1.54, 1.807) is 13.2 Å². The Labute approximate surface area is 128 Å². The van der Waals surface area contributed by atoms with Crippen molar-refractivity contribution >= 4 is 29.2 Å². The minimum absolute atomic E-state index is 0.210. The molecule has 0 fully saturated rings. The Morgan fingerprint density at radius 2 is 1.95 bits per heavy atom. The molecule has 0 spiro atoms. The summed E-state index contributed by atoms with van der Waals surface area (Å²) in [7, 11) is 1.61. The van der Waals surface area contributed by atoms with Crippen LogP contribution in [0.5, 0.6) is 5.75 Å². The van der Waals surface area contributed by atoms with E-state index in [0.29, 0.717) is 23.2 Å². The highest BCUT2D eigenvalue weighted by molar-refractivity contribution is 6.31. The summed E-state index contributed by atoms with van der Waals surface area (Å²) >= 11 is 6.20. The number of benzene rings is 1. The Morgan fingerprint density at radius 3 is 2.62 bits per heavy atom. The van der Waals surface area contributed by atoms with Gasteiger partial charge in [0.05, 0.1) is 7.11 Å². The Balaban J connectivity index is 2.16. The lowest BCUT2D eigenvalue weighted by Gasteiger charge is -2.12. The molecule has 2 rings (SSSR count). The molecule has 0 aliphatic carbocycles. The van der Waals surface area contributed by atoms with E-state index in [1.807, 2.05) is 25.1 Å². The van der Waals surface area contributed by atoms with Gasteiger partial charge in [0.1, 0.15) is 17.4 Å². The molecule has 2 aromatic rings. The largest absolute Gasteiger partial charge is 0.496 e. The van der Waals surface area contributed by atoms with Crippen molar-refractivity contribution in [3.8, 4) is 5.75 Å². The molecule has 0 aliphatic rings. The van der Waals surface area contributed by atoms with E-state index in [9.17, 15) is 0 Å².